The monoisotopic (exact) mass is 436 g/mol. The van der Waals surface area contributed by atoms with Crippen molar-refractivity contribution in [1.29, 1.82) is 0 Å². The van der Waals surface area contributed by atoms with Crippen molar-refractivity contribution in [3.8, 4) is 11.1 Å². The highest BCUT2D eigenvalue weighted by Gasteiger charge is 2.15. The molecule has 0 atom stereocenters. The first kappa shape index (κ1) is 20.4. The van der Waals surface area contributed by atoms with Gasteiger partial charge < -0.3 is 15.3 Å². The van der Waals surface area contributed by atoms with Crippen molar-refractivity contribution in [1.82, 2.24) is 19.6 Å². The Kier molecular flexibility index (Phi) is 5.09. The van der Waals surface area contributed by atoms with E-state index in [0.717, 1.165) is 39.0 Å². The predicted molar refractivity (Wildman–Crippen MR) is 126 cm³/mol. The Morgan fingerprint density at radius 2 is 2.00 bits per heavy atom. The summed E-state index contributed by atoms with van der Waals surface area (Å²) in [5.74, 6) is 1.07. The number of benzene rings is 2. The second-order valence-electron chi connectivity index (χ2n) is 7.66. The van der Waals surface area contributed by atoms with Gasteiger partial charge in [0.05, 0.1) is 17.8 Å². The van der Waals surface area contributed by atoms with Gasteiger partial charge in [-0.25, -0.2) is 0 Å². The van der Waals surface area contributed by atoms with Gasteiger partial charge in [-0.1, -0.05) is 30.3 Å². The van der Waals surface area contributed by atoms with E-state index in [0.29, 0.717) is 11.6 Å². The van der Waals surface area contributed by atoms with Crippen LogP contribution in [0.15, 0.2) is 60.9 Å². The number of hydrogen-bond donors (Lipinski definition) is 2. The van der Waals surface area contributed by atoms with Crippen LogP contribution in [-0.2, 0) is 11.4 Å². The van der Waals surface area contributed by atoms with E-state index in [1.54, 1.807) is 10.7 Å². The molecule has 0 bridgehead atoms. The molecule has 33 heavy (non-hydrogen) atoms. The van der Waals surface area contributed by atoms with Crippen molar-refractivity contribution in [2.45, 2.75) is 13.5 Å². The minimum Gasteiger partial charge on any atom is -0.392 e. The predicted octanol–water partition coefficient (Wildman–Crippen LogP) is 3.76. The number of rotatable bonds is 5. The zero-order valence-electron chi connectivity index (χ0n) is 18.1. The van der Waals surface area contributed by atoms with E-state index < -0.39 is 0 Å². The Labute approximate surface area is 190 Å². The summed E-state index contributed by atoms with van der Waals surface area (Å²) in [5, 5.41) is 21.4. The molecule has 0 aliphatic rings. The van der Waals surface area contributed by atoms with E-state index in [9.17, 15) is 9.90 Å². The first-order chi connectivity index (χ1) is 16.0. The van der Waals surface area contributed by atoms with E-state index in [4.69, 9.17) is 4.98 Å². The van der Waals surface area contributed by atoms with Crippen molar-refractivity contribution in [3.63, 3.8) is 0 Å². The second kappa shape index (κ2) is 8.22. The Morgan fingerprint density at radius 3 is 2.76 bits per heavy atom. The topological polar surface area (TPSA) is 95.7 Å². The van der Waals surface area contributed by atoms with Crippen LogP contribution in [0.25, 0.3) is 27.8 Å². The summed E-state index contributed by atoms with van der Waals surface area (Å²) in [4.78, 5) is 18.0. The number of hydrogen-bond acceptors (Lipinski definition) is 6. The lowest BCUT2D eigenvalue weighted by molar-refractivity contribution is -0.114. The van der Waals surface area contributed by atoms with Crippen LogP contribution in [0.2, 0.25) is 0 Å². The molecule has 0 aliphatic carbocycles. The lowest BCUT2D eigenvalue weighted by Crippen LogP contribution is -2.13. The van der Waals surface area contributed by atoms with Crippen molar-refractivity contribution in [2.75, 3.05) is 17.3 Å². The quantitative estimate of drug-likeness (QED) is 0.436. The van der Waals surface area contributed by atoms with Gasteiger partial charge in [0.15, 0.2) is 0 Å². The van der Waals surface area contributed by atoms with E-state index in [-0.39, 0.29) is 12.5 Å². The van der Waals surface area contributed by atoms with Gasteiger partial charge in [-0.15, -0.1) is 10.2 Å². The summed E-state index contributed by atoms with van der Waals surface area (Å²) in [6, 6.07) is 23.4. The van der Waals surface area contributed by atoms with Gasteiger partial charge in [-0.05, 0) is 41.5 Å². The molecule has 0 unspecified atom stereocenters. The summed E-state index contributed by atoms with van der Waals surface area (Å²) in [7, 11) is 1.93. The Balaban J connectivity index is 1.56. The van der Waals surface area contributed by atoms with Crippen LogP contribution in [0.4, 0.5) is 17.2 Å². The van der Waals surface area contributed by atoms with Gasteiger partial charge >= 0.3 is 0 Å². The van der Waals surface area contributed by atoms with E-state index in [1.807, 2.05) is 66.5 Å². The minimum absolute atomic E-state index is 0.0549. The van der Waals surface area contributed by atoms with Gasteiger partial charge in [0.1, 0.15) is 12.1 Å². The zero-order chi connectivity index (χ0) is 22.9. The highest BCUT2D eigenvalue weighted by atomic mass is 16.3. The number of nitrogens with one attached hydrogen (secondary N) is 1. The molecule has 5 aromatic rings. The number of aliphatic hydroxyl groups excluding tert-OH is 1. The fourth-order valence-corrected chi connectivity index (χ4v) is 3.77. The Morgan fingerprint density at radius 1 is 1.18 bits per heavy atom. The third-order valence-electron chi connectivity index (χ3n) is 5.42. The van der Waals surface area contributed by atoms with Gasteiger partial charge in [0.2, 0.25) is 5.91 Å². The standard InChI is InChI=1S/C25H20N6O2/c1-16(33)27-20-9-7-18(8-10-20)19-4-3-5-21(13-19)30(2)24-22-11-6-17(14-32)12-23(22)31-15-26-29-25(31)28-24/h5-13,15,32H,14H2,1-2H3,(H,27,33). The number of anilines is 3. The fourth-order valence-electron chi connectivity index (χ4n) is 3.77. The molecule has 162 valence electrons. The largest absolute Gasteiger partial charge is 0.392 e. The molecule has 0 radical (unpaired) electrons. The highest BCUT2D eigenvalue weighted by molar-refractivity contribution is 5.94. The number of aromatic nitrogens is 4. The molecule has 1 amide bonds. The maximum Gasteiger partial charge on any atom is 0.257 e. The minimum atomic E-state index is -0.109. The van der Waals surface area contributed by atoms with E-state index >= 15 is 0 Å². The average Bonchev–Trinajstić information content (AvgIpc) is 3.32. The van der Waals surface area contributed by atoms with Crippen LogP contribution in [0, 0.1) is 12.1 Å². The van der Waals surface area contributed by atoms with E-state index in [1.165, 1.54) is 6.92 Å². The lowest BCUT2D eigenvalue weighted by Gasteiger charge is -2.20. The van der Waals surface area contributed by atoms with Gasteiger partial charge in [0.25, 0.3) is 5.78 Å². The second-order valence-corrected chi connectivity index (χ2v) is 7.66. The van der Waals surface area contributed by atoms with Crippen molar-refractivity contribution in [3.05, 3.63) is 78.6 Å². The SMILES string of the molecule is CC(=O)Nc1ccc(-c2c#ccc(N(C)c3nc4nncn4c4cc(CO)ccc34)c2)cc1. The molecule has 8 heteroatoms. The number of nitrogens with zero attached hydrogens (tertiary/aromatic N) is 5. The van der Waals surface area contributed by atoms with Crippen LogP contribution in [0.1, 0.15) is 12.5 Å². The number of carbonyl (C=O) groups excluding carboxylic acids is 1. The van der Waals surface area contributed by atoms with Crippen molar-refractivity contribution in [2.24, 2.45) is 0 Å². The van der Waals surface area contributed by atoms with Crippen molar-refractivity contribution >= 4 is 39.8 Å². The maximum atomic E-state index is 11.3. The molecule has 3 aromatic carbocycles. The zero-order valence-corrected chi connectivity index (χ0v) is 18.1. The maximum absolute atomic E-state index is 11.3. The molecule has 0 aliphatic heterocycles. The average molecular weight is 436 g/mol. The molecular formula is C25H20N6O2. The molecule has 0 saturated heterocycles. The summed E-state index contributed by atoms with van der Waals surface area (Å²) in [5.41, 5.74) is 5.09. The summed E-state index contributed by atoms with van der Waals surface area (Å²) in [6.07, 6.45) is 1.61. The summed E-state index contributed by atoms with van der Waals surface area (Å²) in [6.45, 7) is 1.43. The Hall–Kier alpha value is -4.48. The third kappa shape index (κ3) is 3.82. The first-order valence-corrected chi connectivity index (χ1v) is 10.3. The molecule has 8 nitrogen and oxygen atoms in total. The molecule has 0 spiro atoms. The van der Waals surface area contributed by atoms with E-state index in [2.05, 4.69) is 27.6 Å². The van der Waals surface area contributed by atoms with Gasteiger partial charge in [-0.2, -0.15) is 4.98 Å². The van der Waals surface area contributed by atoms with Crippen LogP contribution < -0.4 is 10.2 Å². The smallest absolute Gasteiger partial charge is 0.257 e. The Bertz CT molecular complexity index is 1480. The van der Waals surface area contributed by atoms with Crippen molar-refractivity contribution < 1.29 is 9.90 Å². The van der Waals surface area contributed by atoms with Crippen LogP contribution >= 0.6 is 0 Å². The molecule has 5 rings (SSSR count). The molecule has 2 aromatic heterocycles. The summed E-state index contributed by atoms with van der Waals surface area (Å²) >= 11 is 0. The number of fused-ring (bicyclic) bond motifs is 3. The highest BCUT2D eigenvalue weighted by Crippen LogP contribution is 2.32. The molecule has 0 saturated carbocycles. The molecule has 2 N–H and O–H groups in total. The number of amides is 1. The normalized spacial score (nSPS) is 10.9. The fraction of sp³-hybridized carbons (Fsp3) is 0.120. The van der Waals surface area contributed by atoms with Gasteiger partial charge in [0, 0.05) is 36.7 Å². The molecule has 0 fully saturated rings. The molecule has 2 heterocycles. The lowest BCUT2D eigenvalue weighted by atomic mass is 10.1. The van der Waals surface area contributed by atoms with Crippen LogP contribution in [-0.4, -0.2) is 37.6 Å². The van der Waals surface area contributed by atoms with Gasteiger partial charge in [-0.3, -0.25) is 9.20 Å². The molecular weight excluding hydrogens is 416 g/mol. The van der Waals surface area contributed by atoms with Crippen LogP contribution in [0.3, 0.4) is 0 Å². The first-order valence-electron chi connectivity index (χ1n) is 10.3. The number of aliphatic hydroxyl groups is 1. The number of carbonyl (C=O) groups is 1. The third-order valence-corrected chi connectivity index (χ3v) is 5.42. The summed E-state index contributed by atoms with van der Waals surface area (Å²) < 4.78 is 1.80. The van der Waals surface area contributed by atoms with Crippen LogP contribution in [0.5, 0.6) is 0 Å².